The second kappa shape index (κ2) is 8.67. The second-order valence-corrected chi connectivity index (χ2v) is 7.76. The monoisotopic (exact) mass is 404 g/mol. The highest BCUT2D eigenvalue weighted by Crippen LogP contribution is 2.36. The molecule has 0 unspecified atom stereocenters. The second-order valence-electron chi connectivity index (χ2n) is 7.76. The van der Waals surface area contributed by atoms with Gasteiger partial charge >= 0.3 is 0 Å². The first kappa shape index (κ1) is 18.8. The van der Waals surface area contributed by atoms with Crippen molar-refractivity contribution in [3.63, 3.8) is 0 Å². The smallest absolute Gasteiger partial charge is 0.231 e. The Kier molecular flexibility index (Phi) is 5.44. The third-order valence-corrected chi connectivity index (χ3v) is 5.73. The van der Waals surface area contributed by atoms with E-state index in [1.54, 1.807) is 0 Å². The molecule has 0 spiro atoms. The van der Waals surface area contributed by atoms with Gasteiger partial charge in [-0.1, -0.05) is 36.4 Å². The van der Waals surface area contributed by atoms with E-state index in [4.69, 9.17) is 18.9 Å². The van der Waals surface area contributed by atoms with Crippen LogP contribution in [0.15, 0.2) is 66.7 Å². The summed E-state index contributed by atoms with van der Waals surface area (Å²) in [4.78, 5) is 0. The quantitative estimate of drug-likeness (QED) is 0.583. The maximum absolute atomic E-state index is 5.61. The van der Waals surface area contributed by atoms with E-state index in [9.17, 15) is 0 Å². The molecule has 0 amide bonds. The van der Waals surface area contributed by atoms with Crippen molar-refractivity contribution < 1.29 is 24.3 Å². The summed E-state index contributed by atoms with van der Waals surface area (Å²) in [6.45, 7) is 2.60. The zero-order valence-electron chi connectivity index (χ0n) is 16.9. The standard InChI is InChI=1S/C25H25NO4/c1-2-4-18(5-3-1)12-21(20-7-9-23-25(14-20)30-17-28-23)10-11-26-15-19-6-8-22-24(13-19)29-16-27-22/h1-9,13-14,21,26H,10-12,15-17H2/p+1/t21-/m1/s1. The average Bonchev–Trinajstić information content (AvgIpc) is 3.44. The van der Waals surface area contributed by atoms with Crippen LogP contribution in [0.25, 0.3) is 0 Å². The van der Waals surface area contributed by atoms with Gasteiger partial charge < -0.3 is 24.3 Å². The predicted molar refractivity (Wildman–Crippen MR) is 113 cm³/mol. The molecule has 2 N–H and O–H groups in total. The van der Waals surface area contributed by atoms with E-state index in [-0.39, 0.29) is 0 Å². The van der Waals surface area contributed by atoms with Crippen molar-refractivity contribution >= 4 is 0 Å². The average molecular weight is 404 g/mol. The number of ether oxygens (including phenoxy) is 4. The maximum Gasteiger partial charge on any atom is 0.231 e. The van der Waals surface area contributed by atoms with Crippen molar-refractivity contribution in [1.29, 1.82) is 0 Å². The van der Waals surface area contributed by atoms with Crippen LogP contribution in [-0.4, -0.2) is 20.1 Å². The minimum absolute atomic E-state index is 0.311. The Hall–Kier alpha value is -3.18. The van der Waals surface area contributed by atoms with E-state index in [1.165, 1.54) is 16.7 Å². The molecule has 154 valence electrons. The number of hydrogen-bond donors (Lipinski definition) is 1. The van der Waals surface area contributed by atoms with Crippen LogP contribution in [0.1, 0.15) is 29.0 Å². The van der Waals surface area contributed by atoms with Crippen LogP contribution in [0.2, 0.25) is 0 Å². The van der Waals surface area contributed by atoms with Crippen molar-refractivity contribution in [1.82, 2.24) is 0 Å². The van der Waals surface area contributed by atoms with Crippen molar-refractivity contribution in [2.75, 3.05) is 20.1 Å². The van der Waals surface area contributed by atoms with E-state index in [2.05, 4.69) is 59.9 Å². The summed E-state index contributed by atoms with van der Waals surface area (Å²) in [6, 6.07) is 23.2. The molecule has 1 atom stereocenters. The molecule has 3 aromatic rings. The van der Waals surface area contributed by atoms with Crippen molar-refractivity contribution in [3.8, 4) is 23.0 Å². The lowest BCUT2D eigenvalue weighted by atomic mass is 9.89. The van der Waals surface area contributed by atoms with Crippen LogP contribution >= 0.6 is 0 Å². The third kappa shape index (κ3) is 4.21. The van der Waals surface area contributed by atoms with Crippen LogP contribution in [0.5, 0.6) is 23.0 Å². The third-order valence-electron chi connectivity index (χ3n) is 5.73. The molecule has 3 aromatic carbocycles. The summed E-state index contributed by atoms with van der Waals surface area (Å²) in [5.41, 5.74) is 3.91. The van der Waals surface area contributed by atoms with Crippen LogP contribution in [0.3, 0.4) is 0 Å². The number of quaternary nitrogens is 1. The normalized spacial score (nSPS) is 14.7. The predicted octanol–water partition coefficient (Wildman–Crippen LogP) is 3.62. The molecule has 5 heteroatoms. The van der Waals surface area contributed by atoms with Gasteiger partial charge in [-0.25, -0.2) is 0 Å². The lowest BCUT2D eigenvalue weighted by molar-refractivity contribution is -0.671. The van der Waals surface area contributed by atoms with Crippen LogP contribution in [0, 0.1) is 0 Å². The van der Waals surface area contributed by atoms with Crippen molar-refractivity contribution in [3.05, 3.63) is 83.4 Å². The summed E-state index contributed by atoms with van der Waals surface area (Å²) in [7, 11) is 0. The van der Waals surface area contributed by atoms with Gasteiger partial charge in [-0.15, -0.1) is 0 Å². The first-order valence-electron chi connectivity index (χ1n) is 10.5. The number of rotatable bonds is 8. The molecule has 0 fully saturated rings. The van der Waals surface area contributed by atoms with Gasteiger partial charge in [-0.05, 0) is 53.8 Å². The Labute approximate surface area is 176 Å². The molecular weight excluding hydrogens is 378 g/mol. The minimum atomic E-state index is 0.311. The molecular formula is C25H26NO4+. The minimum Gasteiger partial charge on any atom is -0.454 e. The first-order chi connectivity index (χ1) is 14.8. The maximum atomic E-state index is 5.61. The number of fused-ring (bicyclic) bond motifs is 2. The lowest BCUT2D eigenvalue weighted by Gasteiger charge is -2.17. The van der Waals surface area contributed by atoms with E-state index < -0.39 is 0 Å². The van der Waals surface area contributed by atoms with E-state index in [1.807, 2.05) is 12.1 Å². The summed E-state index contributed by atoms with van der Waals surface area (Å²) < 4.78 is 22.0. The molecule has 5 nitrogen and oxygen atoms in total. The van der Waals surface area contributed by atoms with Crippen molar-refractivity contribution in [2.24, 2.45) is 0 Å². The molecule has 2 aliphatic heterocycles. The van der Waals surface area contributed by atoms with Crippen LogP contribution in [0.4, 0.5) is 0 Å². The van der Waals surface area contributed by atoms with Gasteiger partial charge in [-0.3, -0.25) is 0 Å². The molecule has 2 aliphatic rings. The number of nitrogens with two attached hydrogens (primary N) is 1. The van der Waals surface area contributed by atoms with Gasteiger partial charge in [0.15, 0.2) is 23.0 Å². The fourth-order valence-electron chi connectivity index (χ4n) is 4.11. The summed E-state index contributed by atoms with van der Waals surface area (Å²) in [5.74, 6) is 3.81. The molecule has 0 bridgehead atoms. The van der Waals surface area contributed by atoms with Crippen LogP contribution in [-0.2, 0) is 13.0 Å². The molecule has 0 saturated heterocycles. The van der Waals surface area contributed by atoms with Gasteiger partial charge in [0.25, 0.3) is 0 Å². The molecule has 30 heavy (non-hydrogen) atoms. The van der Waals surface area contributed by atoms with E-state index in [0.29, 0.717) is 19.5 Å². The van der Waals surface area contributed by atoms with Gasteiger partial charge in [0, 0.05) is 12.0 Å². The fourth-order valence-corrected chi connectivity index (χ4v) is 4.11. The van der Waals surface area contributed by atoms with Crippen molar-refractivity contribution in [2.45, 2.75) is 25.3 Å². The Morgan fingerprint density at radius 3 is 2.20 bits per heavy atom. The molecule has 5 rings (SSSR count). The highest BCUT2D eigenvalue weighted by Gasteiger charge is 2.19. The topological polar surface area (TPSA) is 53.5 Å². The van der Waals surface area contributed by atoms with Gasteiger partial charge in [0.1, 0.15) is 6.54 Å². The Morgan fingerprint density at radius 1 is 0.700 bits per heavy atom. The zero-order chi connectivity index (χ0) is 20.2. The van der Waals surface area contributed by atoms with Gasteiger partial charge in [-0.2, -0.15) is 0 Å². The van der Waals surface area contributed by atoms with Crippen LogP contribution < -0.4 is 24.3 Å². The Morgan fingerprint density at radius 2 is 1.40 bits per heavy atom. The molecule has 0 saturated carbocycles. The first-order valence-corrected chi connectivity index (χ1v) is 10.5. The van der Waals surface area contributed by atoms with Gasteiger partial charge in [0.2, 0.25) is 13.6 Å². The summed E-state index contributed by atoms with van der Waals surface area (Å²) in [6.07, 6.45) is 2.09. The summed E-state index contributed by atoms with van der Waals surface area (Å²) in [5, 5.41) is 2.36. The number of hydrogen-bond acceptors (Lipinski definition) is 4. The van der Waals surface area contributed by atoms with E-state index in [0.717, 1.165) is 48.9 Å². The molecule has 0 aromatic heterocycles. The molecule has 0 radical (unpaired) electrons. The highest BCUT2D eigenvalue weighted by atomic mass is 16.7. The van der Waals surface area contributed by atoms with E-state index >= 15 is 0 Å². The fraction of sp³-hybridized carbons (Fsp3) is 0.280. The Bertz CT molecular complexity index is 1010. The largest absolute Gasteiger partial charge is 0.454 e. The molecule has 0 aliphatic carbocycles. The Balaban J connectivity index is 1.24. The lowest BCUT2D eigenvalue weighted by Crippen LogP contribution is -2.82. The number of benzene rings is 3. The van der Waals surface area contributed by atoms with Gasteiger partial charge in [0.05, 0.1) is 6.54 Å². The SMILES string of the molecule is c1ccc(C[C@@H](CC[NH2+]Cc2ccc3c(c2)OCO3)c2ccc3c(c2)OCO3)cc1. The summed E-state index contributed by atoms with van der Waals surface area (Å²) >= 11 is 0. The zero-order valence-corrected chi connectivity index (χ0v) is 16.9. The molecule has 2 heterocycles. The highest BCUT2D eigenvalue weighted by molar-refractivity contribution is 5.46.